The molecule has 3 aliphatic rings. The van der Waals surface area contributed by atoms with Crippen LogP contribution in [0.15, 0.2) is 42.5 Å². The molecule has 0 spiro atoms. The van der Waals surface area contributed by atoms with Gasteiger partial charge in [-0.15, -0.1) is 0 Å². The summed E-state index contributed by atoms with van der Waals surface area (Å²) in [6, 6.07) is 16.1. The van der Waals surface area contributed by atoms with Crippen molar-refractivity contribution in [2.24, 2.45) is 17.8 Å². The highest BCUT2D eigenvalue weighted by Gasteiger charge is 2.43. The lowest BCUT2D eigenvalue weighted by atomic mass is 9.88. The van der Waals surface area contributed by atoms with Crippen molar-refractivity contribution in [2.45, 2.75) is 51.5 Å². The molecule has 1 N–H and O–H groups in total. The maximum atomic E-state index is 12.7. The van der Waals surface area contributed by atoms with Gasteiger partial charge in [0.15, 0.2) is 0 Å². The average molecular weight is 428 g/mol. The summed E-state index contributed by atoms with van der Waals surface area (Å²) < 4.78 is 0. The molecule has 2 aromatic rings. The standard InChI is InChI=1S/C27H29N3O2/c1-2-30-25-14-20(9-10-22(25)15-26(30)31)19-6-3-17(4-7-19)12-23(16-28)29-27(32)24-13-18-5-8-21(24)11-18/h3-4,6-7,9-10,14,18,21,23-24H,2,5,8,11-13,15H2,1H3,(H,29,32)/t18-,21+,23+,24+/m1/s1. The third-order valence-electron chi connectivity index (χ3n) is 7.61. The summed E-state index contributed by atoms with van der Waals surface area (Å²) in [5.74, 6) is 1.55. The summed E-state index contributed by atoms with van der Waals surface area (Å²) in [5.41, 5.74) is 5.27. The Balaban J connectivity index is 1.25. The van der Waals surface area contributed by atoms with E-state index < -0.39 is 6.04 Å². The SMILES string of the molecule is CCN1C(=O)Cc2ccc(-c3ccc(C[C@@H](C#N)NC(=O)[C@H]4C[C@@H]5CC[C@H]4C5)cc3)cc21. The fourth-order valence-electron chi connectivity index (χ4n) is 5.93. The van der Waals surface area contributed by atoms with Gasteiger partial charge in [-0.05, 0) is 66.3 Å². The van der Waals surface area contributed by atoms with Crippen molar-refractivity contribution < 1.29 is 9.59 Å². The molecule has 2 saturated carbocycles. The second-order valence-electron chi connectivity index (χ2n) is 9.53. The fraction of sp³-hybridized carbons (Fsp3) is 0.444. The van der Waals surface area contributed by atoms with Crippen LogP contribution in [0.25, 0.3) is 11.1 Å². The van der Waals surface area contributed by atoms with E-state index in [9.17, 15) is 14.9 Å². The van der Waals surface area contributed by atoms with E-state index in [1.165, 1.54) is 12.8 Å². The molecule has 1 aliphatic heterocycles. The summed E-state index contributed by atoms with van der Waals surface area (Å²) in [7, 11) is 0. The number of carbonyl (C=O) groups excluding carboxylic acids is 2. The number of nitriles is 1. The molecular formula is C27H29N3O2. The van der Waals surface area contributed by atoms with Crippen molar-refractivity contribution in [1.82, 2.24) is 5.32 Å². The first-order valence-corrected chi connectivity index (χ1v) is 11.8. The van der Waals surface area contributed by atoms with E-state index >= 15 is 0 Å². The maximum absolute atomic E-state index is 12.7. The molecule has 0 radical (unpaired) electrons. The van der Waals surface area contributed by atoms with E-state index in [0.717, 1.165) is 40.8 Å². The largest absolute Gasteiger partial charge is 0.340 e. The second kappa shape index (κ2) is 8.43. The highest BCUT2D eigenvalue weighted by Crippen LogP contribution is 2.48. The molecule has 2 fully saturated rings. The quantitative estimate of drug-likeness (QED) is 0.749. The van der Waals surface area contributed by atoms with Gasteiger partial charge in [-0.2, -0.15) is 5.26 Å². The Kier molecular flexibility index (Phi) is 5.46. The first-order chi connectivity index (χ1) is 15.6. The number of likely N-dealkylation sites (N-methyl/N-ethyl adjacent to an activating group) is 1. The van der Waals surface area contributed by atoms with Crippen LogP contribution in [0.4, 0.5) is 5.69 Å². The van der Waals surface area contributed by atoms with Crippen LogP contribution in [-0.2, 0) is 22.4 Å². The van der Waals surface area contributed by atoms with Crippen LogP contribution < -0.4 is 10.2 Å². The summed E-state index contributed by atoms with van der Waals surface area (Å²) in [6.45, 7) is 2.67. The Bertz CT molecular complexity index is 1090. The van der Waals surface area contributed by atoms with E-state index in [2.05, 4.69) is 35.7 Å². The monoisotopic (exact) mass is 427 g/mol. The molecule has 5 heteroatoms. The van der Waals surface area contributed by atoms with E-state index in [-0.39, 0.29) is 17.7 Å². The molecule has 0 saturated heterocycles. The van der Waals surface area contributed by atoms with Crippen molar-refractivity contribution >= 4 is 17.5 Å². The first-order valence-electron chi connectivity index (χ1n) is 11.8. The van der Waals surface area contributed by atoms with Crippen LogP contribution in [-0.4, -0.2) is 24.4 Å². The van der Waals surface area contributed by atoms with Gasteiger partial charge in [0.1, 0.15) is 6.04 Å². The third kappa shape index (κ3) is 3.79. The zero-order valence-corrected chi connectivity index (χ0v) is 18.5. The number of nitrogens with one attached hydrogen (secondary N) is 1. The zero-order chi connectivity index (χ0) is 22.2. The number of nitrogens with zero attached hydrogens (tertiary/aromatic N) is 2. The van der Waals surface area contributed by atoms with Crippen LogP contribution in [0.2, 0.25) is 0 Å². The summed E-state index contributed by atoms with van der Waals surface area (Å²) in [4.78, 5) is 26.7. The van der Waals surface area contributed by atoms with Gasteiger partial charge in [0.25, 0.3) is 0 Å². The highest BCUT2D eigenvalue weighted by atomic mass is 16.2. The average Bonchev–Trinajstić information content (AvgIpc) is 3.52. The van der Waals surface area contributed by atoms with Crippen LogP contribution >= 0.6 is 0 Å². The van der Waals surface area contributed by atoms with Gasteiger partial charge < -0.3 is 10.2 Å². The van der Waals surface area contributed by atoms with Crippen LogP contribution in [0.1, 0.15) is 43.7 Å². The number of fused-ring (bicyclic) bond motifs is 3. The minimum absolute atomic E-state index is 0.0635. The lowest BCUT2D eigenvalue weighted by Crippen LogP contribution is -2.40. The molecule has 2 bridgehead atoms. The van der Waals surface area contributed by atoms with Crippen LogP contribution in [0.3, 0.4) is 0 Å². The van der Waals surface area contributed by atoms with Gasteiger partial charge in [-0.3, -0.25) is 9.59 Å². The lowest BCUT2D eigenvalue weighted by Gasteiger charge is -2.22. The van der Waals surface area contributed by atoms with E-state index in [1.807, 2.05) is 30.0 Å². The smallest absolute Gasteiger partial charge is 0.231 e. The van der Waals surface area contributed by atoms with Gasteiger partial charge in [0.05, 0.1) is 12.5 Å². The Morgan fingerprint density at radius 3 is 2.59 bits per heavy atom. The Morgan fingerprint density at radius 2 is 1.94 bits per heavy atom. The third-order valence-corrected chi connectivity index (χ3v) is 7.61. The van der Waals surface area contributed by atoms with E-state index in [0.29, 0.717) is 31.2 Å². The Labute approximate surface area is 189 Å². The second-order valence-corrected chi connectivity index (χ2v) is 9.53. The van der Waals surface area contributed by atoms with Crippen LogP contribution in [0, 0.1) is 29.1 Å². The van der Waals surface area contributed by atoms with Gasteiger partial charge in [-0.1, -0.05) is 42.8 Å². The molecule has 164 valence electrons. The Hall–Kier alpha value is -3.13. The fourth-order valence-corrected chi connectivity index (χ4v) is 5.93. The molecule has 1 heterocycles. The van der Waals surface area contributed by atoms with Crippen molar-refractivity contribution in [3.8, 4) is 17.2 Å². The topological polar surface area (TPSA) is 73.2 Å². The zero-order valence-electron chi connectivity index (χ0n) is 18.5. The normalized spacial score (nSPS) is 24.3. The molecule has 2 aromatic carbocycles. The number of amides is 2. The lowest BCUT2D eigenvalue weighted by molar-refractivity contribution is -0.127. The number of carbonyl (C=O) groups is 2. The minimum atomic E-state index is -0.503. The molecule has 0 aromatic heterocycles. The van der Waals surface area contributed by atoms with Crippen LogP contribution in [0.5, 0.6) is 0 Å². The molecule has 5 nitrogen and oxygen atoms in total. The van der Waals surface area contributed by atoms with Crippen molar-refractivity contribution in [3.05, 3.63) is 53.6 Å². The number of benzene rings is 2. The molecule has 2 aliphatic carbocycles. The molecule has 32 heavy (non-hydrogen) atoms. The summed E-state index contributed by atoms with van der Waals surface area (Å²) in [5, 5.41) is 12.6. The van der Waals surface area contributed by atoms with Gasteiger partial charge in [0.2, 0.25) is 11.8 Å². The number of hydrogen-bond donors (Lipinski definition) is 1. The van der Waals surface area contributed by atoms with Crippen molar-refractivity contribution in [2.75, 3.05) is 11.4 Å². The Morgan fingerprint density at radius 1 is 1.16 bits per heavy atom. The van der Waals surface area contributed by atoms with E-state index in [4.69, 9.17) is 0 Å². The number of hydrogen-bond acceptors (Lipinski definition) is 3. The summed E-state index contributed by atoms with van der Waals surface area (Å²) >= 11 is 0. The van der Waals surface area contributed by atoms with Gasteiger partial charge in [-0.25, -0.2) is 0 Å². The number of anilines is 1. The molecule has 2 amide bonds. The predicted molar refractivity (Wildman–Crippen MR) is 124 cm³/mol. The molecular weight excluding hydrogens is 398 g/mol. The molecule has 4 atom stereocenters. The summed E-state index contributed by atoms with van der Waals surface area (Å²) in [6.07, 6.45) is 5.58. The van der Waals surface area contributed by atoms with Crippen molar-refractivity contribution in [1.29, 1.82) is 5.26 Å². The highest BCUT2D eigenvalue weighted by molar-refractivity contribution is 6.02. The maximum Gasteiger partial charge on any atom is 0.231 e. The minimum Gasteiger partial charge on any atom is -0.340 e. The molecule has 0 unspecified atom stereocenters. The van der Waals surface area contributed by atoms with Gasteiger partial charge in [0, 0.05) is 24.6 Å². The predicted octanol–water partition coefficient (Wildman–Crippen LogP) is 4.25. The van der Waals surface area contributed by atoms with Crippen molar-refractivity contribution in [3.63, 3.8) is 0 Å². The number of rotatable bonds is 6. The molecule has 5 rings (SSSR count). The van der Waals surface area contributed by atoms with Gasteiger partial charge >= 0.3 is 0 Å². The van der Waals surface area contributed by atoms with E-state index in [1.54, 1.807) is 0 Å². The first kappa shape index (κ1) is 20.8.